The first-order valence-corrected chi connectivity index (χ1v) is 8.28. The van der Waals surface area contributed by atoms with Crippen LogP contribution >= 0.6 is 0 Å². The number of ether oxygens (including phenoxy) is 2. The molecular formula is C18H26N2O3. The average Bonchev–Trinajstić information content (AvgIpc) is 3.03. The molecule has 1 aromatic carbocycles. The van der Waals surface area contributed by atoms with Crippen molar-refractivity contribution >= 4 is 5.91 Å². The summed E-state index contributed by atoms with van der Waals surface area (Å²) in [5, 5.41) is 0. The molecular weight excluding hydrogens is 292 g/mol. The molecule has 0 radical (unpaired) electrons. The molecule has 1 aromatic rings. The van der Waals surface area contributed by atoms with Crippen LogP contribution in [0.2, 0.25) is 0 Å². The van der Waals surface area contributed by atoms with Gasteiger partial charge in [-0.3, -0.25) is 9.69 Å². The molecule has 0 N–H and O–H groups in total. The van der Waals surface area contributed by atoms with Crippen molar-refractivity contribution in [3.63, 3.8) is 0 Å². The van der Waals surface area contributed by atoms with E-state index in [4.69, 9.17) is 9.47 Å². The third-order valence-corrected chi connectivity index (χ3v) is 4.95. The first-order valence-electron chi connectivity index (χ1n) is 8.28. The molecule has 23 heavy (non-hydrogen) atoms. The predicted octanol–water partition coefficient (Wildman–Crippen LogP) is 1.76. The van der Waals surface area contributed by atoms with Crippen molar-refractivity contribution in [2.75, 3.05) is 34.4 Å². The molecule has 1 amide bonds. The second kappa shape index (κ2) is 6.89. The van der Waals surface area contributed by atoms with E-state index in [0.717, 1.165) is 38.3 Å². The third-order valence-electron chi connectivity index (χ3n) is 4.95. The molecule has 5 nitrogen and oxygen atoms in total. The van der Waals surface area contributed by atoms with Gasteiger partial charge in [0.05, 0.1) is 19.1 Å². The number of piperidine rings is 1. The van der Waals surface area contributed by atoms with Crippen molar-refractivity contribution in [3.8, 4) is 5.75 Å². The minimum absolute atomic E-state index is 0.0302. The molecule has 126 valence electrons. The van der Waals surface area contributed by atoms with E-state index in [1.807, 2.05) is 26.2 Å². The summed E-state index contributed by atoms with van der Waals surface area (Å²) in [6, 6.07) is 8.61. The number of nitrogens with zero attached hydrogens (tertiary/aromatic N) is 2. The SMILES string of the molecule is COc1ccc(CN2C[C@H](C(=O)N(C)C)C[C@@H]3OCC[C@@H]32)cc1. The lowest BCUT2D eigenvalue weighted by Crippen LogP contribution is -2.52. The lowest BCUT2D eigenvalue weighted by molar-refractivity contribution is -0.137. The van der Waals surface area contributed by atoms with E-state index in [0.29, 0.717) is 6.04 Å². The molecule has 5 heteroatoms. The molecule has 3 rings (SSSR count). The number of amides is 1. The molecule has 2 saturated heterocycles. The number of carbonyl (C=O) groups is 1. The summed E-state index contributed by atoms with van der Waals surface area (Å²) in [4.78, 5) is 16.5. The van der Waals surface area contributed by atoms with Gasteiger partial charge < -0.3 is 14.4 Å². The Balaban J connectivity index is 1.73. The van der Waals surface area contributed by atoms with Gasteiger partial charge in [0, 0.05) is 39.8 Å². The summed E-state index contributed by atoms with van der Waals surface area (Å²) >= 11 is 0. The first kappa shape index (κ1) is 16.3. The van der Waals surface area contributed by atoms with Gasteiger partial charge in [0.2, 0.25) is 5.91 Å². The van der Waals surface area contributed by atoms with E-state index >= 15 is 0 Å². The van der Waals surface area contributed by atoms with Gasteiger partial charge in [-0.05, 0) is 30.5 Å². The maximum Gasteiger partial charge on any atom is 0.226 e. The van der Waals surface area contributed by atoms with Crippen LogP contribution in [0, 0.1) is 5.92 Å². The van der Waals surface area contributed by atoms with Crippen LogP contribution in [0.5, 0.6) is 5.75 Å². The Morgan fingerprint density at radius 3 is 2.74 bits per heavy atom. The molecule has 0 unspecified atom stereocenters. The number of hydrogen-bond acceptors (Lipinski definition) is 4. The summed E-state index contributed by atoms with van der Waals surface area (Å²) in [7, 11) is 5.34. The van der Waals surface area contributed by atoms with Crippen molar-refractivity contribution in [3.05, 3.63) is 29.8 Å². The van der Waals surface area contributed by atoms with Crippen LogP contribution in [0.25, 0.3) is 0 Å². The molecule has 0 aromatic heterocycles. The number of rotatable bonds is 4. The average molecular weight is 318 g/mol. The van der Waals surface area contributed by atoms with Gasteiger partial charge >= 0.3 is 0 Å². The summed E-state index contributed by atoms with van der Waals surface area (Å²) in [5.74, 6) is 1.11. The van der Waals surface area contributed by atoms with Gasteiger partial charge in [-0.2, -0.15) is 0 Å². The summed E-state index contributed by atoms with van der Waals surface area (Å²) in [6.45, 7) is 2.47. The van der Waals surface area contributed by atoms with E-state index in [2.05, 4.69) is 17.0 Å². The molecule has 2 aliphatic heterocycles. The molecule has 0 saturated carbocycles. The maximum atomic E-state index is 12.4. The Hall–Kier alpha value is -1.59. The summed E-state index contributed by atoms with van der Waals surface area (Å²) < 4.78 is 11.1. The summed E-state index contributed by atoms with van der Waals surface area (Å²) in [5.41, 5.74) is 1.24. The Morgan fingerprint density at radius 2 is 2.09 bits per heavy atom. The van der Waals surface area contributed by atoms with Crippen molar-refractivity contribution in [2.45, 2.75) is 31.5 Å². The predicted molar refractivity (Wildman–Crippen MR) is 88.4 cm³/mol. The van der Waals surface area contributed by atoms with Crippen LogP contribution in [-0.4, -0.2) is 62.2 Å². The highest BCUT2D eigenvalue weighted by Crippen LogP contribution is 2.33. The lowest BCUT2D eigenvalue weighted by Gasteiger charge is -2.41. The Morgan fingerprint density at radius 1 is 1.35 bits per heavy atom. The fraction of sp³-hybridized carbons (Fsp3) is 0.611. The van der Waals surface area contributed by atoms with Crippen LogP contribution in [-0.2, 0) is 16.1 Å². The van der Waals surface area contributed by atoms with Gasteiger partial charge in [0.25, 0.3) is 0 Å². The van der Waals surface area contributed by atoms with Gasteiger partial charge in [-0.1, -0.05) is 12.1 Å². The fourth-order valence-corrected chi connectivity index (χ4v) is 3.74. The maximum absolute atomic E-state index is 12.4. The largest absolute Gasteiger partial charge is 0.497 e. The van der Waals surface area contributed by atoms with E-state index in [1.165, 1.54) is 5.56 Å². The molecule has 2 heterocycles. The van der Waals surface area contributed by atoms with Gasteiger partial charge in [0.1, 0.15) is 5.75 Å². The standard InChI is InChI=1S/C18H26N2O3/c1-19(2)18(21)14-10-17-16(8-9-23-17)20(12-14)11-13-4-6-15(22-3)7-5-13/h4-7,14,16-17H,8-12H2,1-3H3/t14-,16+,17+/m1/s1. The highest BCUT2D eigenvalue weighted by molar-refractivity contribution is 5.78. The van der Waals surface area contributed by atoms with Crippen LogP contribution in [0.4, 0.5) is 0 Å². The van der Waals surface area contributed by atoms with Crippen LogP contribution < -0.4 is 4.74 Å². The van der Waals surface area contributed by atoms with Gasteiger partial charge in [0.15, 0.2) is 0 Å². The second-order valence-electron chi connectivity index (χ2n) is 6.71. The van der Waals surface area contributed by atoms with E-state index in [-0.39, 0.29) is 17.9 Å². The smallest absolute Gasteiger partial charge is 0.226 e. The zero-order valence-electron chi connectivity index (χ0n) is 14.2. The number of benzene rings is 1. The molecule has 0 aliphatic carbocycles. The number of carbonyl (C=O) groups excluding carboxylic acids is 1. The molecule has 2 fully saturated rings. The lowest BCUT2D eigenvalue weighted by atomic mass is 9.89. The highest BCUT2D eigenvalue weighted by Gasteiger charge is 2.42. The van der Waals surface area contributed by atoms with Crippen LogP contribution in [0.1, 0.15) is 18.4 Å². The molecule has 0 spiro atoms. The first-order chi connectivity index (χ1) is 11.1. The topological polar surface area (TPSA) is 42.0 Å². The van der Waals surface area contributed by atoms with Crippen molar-refractivity contribution in [2.24, 2.45) is 5.92 Å². The molecule has 0 bridgehead atoms. The van der Waals surface area contributed by atoms with Crippen LogP contribution in [0.3, 0.4) is 0 Å². The zero-order chi connectivity index (χ0) is 16.4. The normalized spacial score (nSPS) is 27.5. The monoisotopic (exact) mass is 318 g/mol. The second-order valence-corrected chi connectivity index (χ2v) is 6.71. The van der Waals surface area contributed by atoms with E-state index in [9.17, 15) is 4.79 Å². The number of fused-ring (bicyclic) bond motifs is 1. The van der Waals surface area contributed by atoms with Gasteiger partial charge in [-0.25, -0.2) is 0 Å². The van der Waals surface area contributed by atoms with Crippen molar-refractivity contribution in [1.82, 2.24) is 9.80 Å². The number of hydrogen-bond donors (Lipinski definition) is 0. The number of likely N-dealkylation sites (tertiary alicyclic amines) is 1. The molecule has 3 atom stereocenters. The molecule has 2 aliphatic rings. The minimum Gasteiger partial charge on any atom is -0.497 e. The Kier molecular flexibility index (Phi) is 4.87. The number of methoxy groups -OCH3 is 1. The quantitative estimate of drug-likeness (QED) is 0.848. The van der Waals surface area contributed by atoms with Crippen molar-refractivity contribution < 1.29 is 14.3 Å². The van der Waals surface area contributed by atoms with E-state index < -0.39 is 0 Å². The highest BCUT2D eigenvalue weighted by atomic mass is 16.5. The fourth-order valence-electron chi connectivity index (χ4n) is 3.74. The van der Waals surface area contributed by atoms with E-state index in [1.54, 1.807) is 12.0 Å². The van der Waals surface area contributed by atoms with Crippen molar-refractivity contribution in [1.29, 1.82) is 0 Å². The summed E-state index contributed by atoms with van der Waals surface area (Å²) in [6.07, 6.45) is 2.10. The Bertz CT molecular complexity index is 544. The Labute approximate surface area is 138 Å². The minimum atomic E-state index is 0.0302. The van der Waals surface area contributed by atoms with Gasteiger partial charge in [-0.15, -0.1) is 0 Å². The van der Waals surface area contributed by atoms with Crippen LogP contribution in [0.15, 0.2) is 24.3 Å². The third kappa shape index (κ3) is 3.51. The zero-order valence-corrected chi connectivity index (χ0v) is 14.2.